The van der Waals surface area contributed by atoms with E-state index in [2.05, 4.69) is 21.3 Å². The van der Waals surface area contributed by atoms with Crippen molar-refractivity contribution in [3.63, 3.8) is 0 Å². The van der Waals surface area contributed by atoms with Gasteiger partial charge in [-0.1, -0.05) is 24.3 Å². The number of pyridine rings is 1. The van der Waals surface area contributed by atoms with Crippen LogP contribution in [0.3, 0.4) is 0 Å². The summed E-state index contributed by atoms with van der Waals surface area (Å²) >= 11 is 0. The van der Waals surface area contributed by atoms with Crippen molar-refractivity contribution in [3.05, 3.63) is 95.3 Å². The monoisotopic (exact) mass is 493 g/mol. The van der Waals surface area contributed by atoms with E-state index in [1.807, 2.05) is 24.3 Å². The highest BCUT2D eigenvalue weighted by molar-refractivity contribution is 5.89. The number of halogens is 3. The lowest BCUT2D eigenvalue weighted by Crippen LogP contribution is -2.48. The van der Waals surface area contributed by atoms with Crippen molar-refractivity contribution in [2.75, 3.05) is 18.4 Å². The Morgan fingerprint density at radius 3 is 2.53 bits per heavy atom. The number of aromatic nitrogens is 1. The second kappa shape index (κ2) is 11.2. The average molecular weight is 494 g/mol. The van der Waals surface area contributed by atoms with Crippen LogP contribution >= 0.6 is 0 Å². The fraction of sp³-hybridized carbons (Fsp3) is 0.296. The summed E-state index contributed by atoms with van der Waals surface area (Å²) in [6.07, 6.45) is 0.274. The normalized spacial score (nSPS) is 14.7. The third-order valence-corrected chi connectivity index (χ3v) is 6.24. The van der Waals surface area contributed by atoms with E-state index in [1.54, 1.807) is 29.4 Å². The second-order valence-corrected chi connectivity index (χ2v) is 8.82. The minimum atomic E-state index is -4.49. The molecule has 9 heteroatoms. The number of alkyl halides is 3. The molecule has 3 aromatic rings. The molecule has 186 valence electrons. The van der Waals surface area contributed by atoms with Crippen molar-refractivity contribution in [1.82, 2.24) is 14.8 Å². The maximum Gasteiger partial charge on any atom is 0.416 e. The summed E-state index contributed by atoms with van der Waals surface area (Å²) in [6.45, 7) is 2.51. The summed E-state index contributed by atoms with van der Waals surface area (Å²) in [7, 11) is 0. The van der Waals surface area contributed by atoms with Gasteiger partial charge in [-0.05, 0) is 60.4 Å². The van der Waals surface area contributed by atoms with E-state index in [0.29, 0.717) is 31.5 Å². The number of nitriles is 1. The number of piperidine rings is 1. The maximum atomic E-state index is 13.3. The molecular formula is C27H26F3N5O. The Bertz CT molecular complexity index is 1220. The number of benzene rings is 2. The fourth-order valence-electron chi connectivity index (χ4n) is 4.41. The first-order valence-electron chi connectivity index (χ1n) is 11.7. The van der Waals surface area contributed by atoms with Gasteiger partial charge in [0.1, 0.15) is 0 Å². The highest BCUT2D eigenvalue weighted by atomic mass is 19.4. The summed E-state index contributed by atoms with van der Waals surface area (Å²) < 4.78 is 39.4. The van der Waals surface area contributed by atoms with Gasteiger partial charge in [-0.2, -0.15) is 18.4 Å². The Kier molecular flexibility index (Phi) is 7.86. The van der Waals surface area contributed by atoms with Crippen LogP contribution in [0.15, 0.2) is 73.1 Å². The Hall–Kier alpha value is -3.90. The van der Waals surface area contributed by atoms with E-state index in [0.717, 1.165) is 36.3 Å². The summed E-state index contributed by atoms with van der Waals surface area (Å²) in [5.74, 6) is 0. The van der Waals surface area contributed by atoms with Gasteiger partial charge in [0.15, 0.2) is 0 Å². The molecule has 1 aliphatic heterocycles. The van der Waals surface area contributed by atoms with Gasteiger partial charge in [-0.15, -0.1) is 0 Å². The van der Waals surface area contributed by atoms with Crippen LogP contribution in [-0.4, -0.2) is 39.9 Å². The molecule has 0 unspecified atom stereocenters. The van der Waals surface area contributed by atoms with E-state index < -0.39 is 17.8 Å². The summed E-state index contributed by atoms with van der Waals surface area (Å²) in [4.78, 5) is 21.4. The molecule has 0 spiro atoms. The quantitative estimate of drug-likeness (QED) is 0.480. The average Bonchev–Trinajstić information content (AvgIpc) is 2.88. The Morgan fingerprint density at radius 2 is 1.83 bits per heavy atom. The van der Waals surface area contributed by atoms with E-state index in [1.165, 1.54) is 12.1 Å². The van der Waals surface area contributed by atoms with E-state index in [4.69, 9.17) is 5.26 Å². The molecule has 1 N–H and O–H groups in total. The molecule has 36 heavy (non-hydrogen) atoms. The number of nitrogens with one attached hydrogen (secondary N) is 1. The summed E-state index contributed by atoms with van der Waals surface area (Å²) in [5, 5.41) is 11.8. The minimum Gasteiger partial charge on any atom is -0.317 e. The predicted octanol–water partition coefficient (Wildman–Crippen LogP) is 5.67. The molecule has 0 radical (unpaired) electrons. The number of rotatable bonds is 6. The van der Waals surface area contributed by atoms with Crippen molar-refractivity contribution in [2.45, 2.75) is 38.1 Å². The van der Waals surface area contributed by atoms with E-state index in [9.17, 15) is 18.0 Å². The van der Waals surface area contributed by atoms with E-state index >= 15 is 0 Å². The maximum absolute atomic E-state index is 13.3. The van der Waals surface area contributed by atoms with Crippen molar-refractivity contribution >= 4 is 11.7 Å². The summed E-state index contributed by atoms with van der Waals surface area (Å²) in [6, 6.07) is 17.4. The summed E-state index contributed by atoms with van der Waals surface area (Å²) in [5.41, 5.74) is 1.81. The molecule has 1 saturated heterocycles. The first-order valence-corrected chi connectivity index (χ1v) is 11.7. The zero-order valence-corrected chi connectivity index (χ0v) is 19.6. The van der Waals surface area contributed by atoms with Crippen molar-refractivity contribution in [1.29, 1.82) is 5.26 Å². The van der Waals surface area contributed by atoms with Gasteiger partial charge < -0.3 is 10.2 Å². The molecule has 2 amide bonds. The number of carbonyl (C=O) groups is 1. The first kappa shape index (κ1) is 25.2. The molecule has 6 nitrogen and oxygen atoms in total. The highest BCUT2D eigenvalue weighted by Gasteiger charge is 2.31. The molecule has 4 rings (SSSR count). The Balaban J connectivity index is 1.45. The van der Waals surface area contributed by atoms with Crippen LogP contribution in [0.4, 0.5) is 23.7 Å². The third kappa shape index (κ3) is 6.61. The van der Waals surface area contributed by atoms with Crippen LogP contribution in [0, 0.1) is 11.3 Å². The molecule has 1 aromatic heterocycles. The van der Waals surface area contributed by atoms with Gasteiger partial charge in [0.2, 0.25) is 0 Å². The Morgan fingerprint density at radius 1 is 1.08 bits per heavy atom. The number of amides is 2. The minimum absolute atomic E-state index is 0.0855. The predicted molar refractivity (Wildman–Crippen MR) is 130 cm³/mol. The van der Waals surface area contributed by atoms with Crippen LogP contribution in [0.1, 0.15) is 35.1 Å². The van der Waals surface area contributed by atoms with Crippen molar-refractivity contribution < 1.29 is 18.0 Å². The molecule has 0 saturated carbocycles. The highest BCUT2D eigenvalue weighted by Crippen LogP contribution is 2.31. The van der Waals surface area contributed by atoms with Crippen LogP contribution in [0.25, 0.3) is 0 Å². The molecule has 0 aliphatic carbocycles. The standard InChI is InChI=1S/C27H26F3N5O/c28-27(29,30)23-7-2-8-24(15-23)33-26(36)35(19-22-6-3-11-32-17-22)25-9-12-34(13-10-25)18-21-5-1-4-20(14-21)16-31/h1-8,11,14-15,17,25H,9-10,12-13,18-19H2,(H,33,36). The fourth-order valence-corrected chi connectivity index (χ4v) is 4.41. The SMILES string of the molecule is N#Cc1cccc(CN2CCC(N(Cc3cccnc3)C(=O)Nc3cccc(C(F)(F)F)c3)CC2)c1. The molecule has 1 fully saturated rings. The number of anilines is 1. The molecule has 0 atom stereocenters. The largest absolute Gasteiger partial charge is 0.416 e. The molecule has 2 heterocycles. The van der Waals surface area contributed by atoms with Crippen LogP contribution < -0.4 is 5.32 Å². The first-order chi connectivity index (χ1) is 17.3. The lowest BCUT2D eigenvalue weighted by atomic mass is 10.0. The molecule has 1 aliphatic rings. The van der Waals surface area contributed by atoms with Gasteiger partial charge in [-0.25, -0.2) is 4.79 Å². The van der Waals surface area contributed by atoms with E-state index in [-0.39, 0.29) is 11.7 Å². The van der Waals surface area contributed by atoms with Crippen LogP contribution in [0.5, 0.6) is 0 Å². The second-order valence-electron chi connectivity index (χ2n) is 8.82. The van der Waals surface area contributed by atoms with Crippen LogP contribution in [-0.2, 0) is 19.3 Å². The number of likely N-dealkylation sites (tertiary alicyclic amines) is 1. The molecule has 2 aromatic carbocycles. The number of hydrogen-bond donors (Lipinski definition) is 1. The molecule has 0 bridgehead atoms. The van der Waals surface area contributed by atoms with Crippen LogP contribution in [0.2, 0.25) is 0 Å². The molecular weight excluding hydrogens is 467 g/mol. The Labute approximate surface area is 208 Å². The number of urea groups is 1. The lowest BCUT2D eigenvalue weighted by Gasteiger charge is -2.38. The topological polar surface area (TPSA) is 72.3 Å². The van der Waals surface area contributed by atoms with Gasteiger partial charge in [0.05, 0.1) is 17.2 Å². The van der Waals surface area contributed by atoms with Crippen molar-refractivity contribution in [3.8, 4) is 6.07 Å². The van der Waals surface area contributed by atoms with Gasteiger partial charge in [0.25, 0.3) is 0 Å². The van der Waals surface area contributed by atoms with Crippen molar-refractivity contribution in [2.24, 2.45) is 0 Å². The number of carbonyl (C=O) groups excluding carboxylic acids is 1. The zero-order valence-electron chi connectivity index (χ0n) is 19.6. The number of nitrogens with zero attached hydrogens (tertiary/aromatic N) is 4. The third-order valence-electron chi connectivity index (χ3n) is 6.24. The number of hydrogen-bond acceptors (Lipinski definition) is 4. The zero-order chi connectivity index (χ0) is 25.5. The van der Waals surface area contributed by atoms with Gasteiger partial charge >= 0.3 is 12.2 Å². The van der Waals surface area contributed by atoms with Gasteiger partial charge in [0, 0.05) is 50.3 Å². The van der Waals surface area contributed by atoms with Gasteiger partial charge in [-0.3, -0.25) is 9.88 Å². The smallest absolute Gasteiger partial charge is 0.317 e. The lowest BCUT2D eigenvalue weighted by molar-refractivity contribution is -0.137.